The van der Waals surface area contributed by atoms with E-state index in [0.717, 1.165) is 6.26 Å². The summed E-state index contributed by atoms with van der Waals surface area (Å²) in [5.74, 6) is 0. The van der Waals surface area contributed by atoms with Gasteiger partial charge in [0.05, 0.1) is 4.90 Å². The van der Waals surface area contributed by atoms with E-state index in [1.807, 2.05) is 0 Å². The Morgan fingerprint density at radius 1 is 1.00 bits per heavy atom. The first-order valence-electron chi connectivity index (χ1n) is 4.90. The van der Waals surface area contributed by atoms with Crippen LogP contribution in [0.2, 0.25) is 0 Å². The molecule has 0 spiro atoms. The Hall–Kier alpha value is -1.44. The summed E-state index contributed by atoms with van der Waals surface area (Å²) in [6, 6.07) is 8.48. The molecule has 0 aliphatic rings. The Morgan fingerprint density at radius 2 is 1.67 bits per heavy atom. The van der Waals surface area contributed by atoms with E-state index >= 15 is 0 Å². The van der Waals surface area contributed by atoms with Gasteiger partial charge < -0.3 is 0 Å². The van der Waals surface area contributed by atoms with Crippen molar-refractivity contribution in [1.82, 2.24) is 0 Å². The summed E-state index contributed by atoms with van der Waals surface area (Å²) in [5, 5.41) is 0.723. The maximum atomic E-state index is 11.4. The van der Waals surface area contributed by atoms with Crippen LogP contribution in [0.3, 0.4) is 0 Å². The van der Waals surface area contributed by atoms with Gasteiger partial charge in [-0.3, -0.25) is 4.55 Å². The van der Waals surface area contributed by atoms with Crippen LogP contribution in [-0.4, -0.2) is 27.6 Å². The molecule has 0 unspecified atom stereocenters. The van der Waals surface area contributed by atoms with E-state index in [2.05, 4.69) is 0 Å². The van der Waals surface area contributed by atoms with Gasteiger partial charge in [-0.1, -0.05) is 18.2 Å². The molecule has 5 nitrogen and oxygen atoms in total. The summed E-state index contributed by atoms with van der Waals surface area (Å²) >= 11 is 0. The zero-order chi connectivity index (χ0) is 13.6. The predicted molar refractivity (Wildman–Crippen MR) is 66.9 cm³/mol. The lowest BCUT2D eigenvalue weighted by atomic mass is 10.1. The molecule has 96 valence electrons. The molecule has 0 radical (unpaired) electrons. The normalized spacial score (nSPS) is 12.8. The van der Waals surface area contributed by atoms with Gasteiger partial charge in [-0.25, -0.2) is 8.42 Å². The zero-order valence-electron chi connectivity index (χ0n) is 9.36. The second-order valence-corrected chi connectivity index (χ2v) is 7.29. The van der Waals surface area contributed by atoms with Crippen LogP contribution in [0.15, 0.2) is 46.2 Å². The highest BCUT2D eigenvalue weighted by molar-refractivity contribution is 7.90. The Balaban J connectivity index is 2.91. The molecule has 2 aromatic carbocycles. The Morgan fingerprint density at radius 3 is 2.22 bits per heavy atom. The Bertz CT molecular complexity index is 820. The lowest BCUT2D eigenvalue weighted by Gasteiger charge is -2.05. The highest BCUT2D eigenvalue weighted by atomic mass is 32.2. The van der Waals surface area contributed by atoms with Gasteiger partial charge in [0.1, 0.15) is 4.90 Å². The molecule has 18 heavy (non-hydrogen) atoms. The van der Waals surface area contributed by atoms with Gasteiger partial charge in [-0.15, -0.1) is 0 Å². The molecule has 0 atom stereocenters. The molecule has 7 heteroatoms. The van der Waals surface area contributed by atoms with Crippen molar-refractivity contribution >= 4 is 30.7 Å². The fraction of sp³-hybridized carbons (Fsp3) is 0.0909. The van der Waals surface area contributed by atoms with Gasteiger partial charge in [-0.2, -0.15) is 8.42 Å². The molecule has 0 aromatic heterocycles. The number of hydrogen-bond donors (Lipinski definition) is 1. The van der Waals surface area contributed by atoms with E-state index in [1.165, 1.54) is 30.3 Å². The quantitative estimate of drug-likeness (QED) is 0.845. The zero-order valence-corrected chi connectivity index (χ0v) is 11.0. The van der Waals surface area contributed by atoms with Crippen LogP contribution in [0.5, 0.6) is 0 Å². The number of benzene rings is 2. The second kappa shape index (κ2) is 4.04. The van der Waals surface area contributed by atoms with Crippen molar-refractivity contribution in [3.8, 4) is 0 Å². The van der Waals surface area contributed by atoms with Crippen LogP contribution in [0.4, 0.5) is 0 Å². The van der Waals surface area contributed by atoms with E-state index in [1.54, 1.807) is 6.07 Å². The van der Waals surface area contributed by atoms with Crippen molar-refractivity contribution in [3.05, 3.63) is 36.4 Å². The summed E-state index contributed by atoms with van der Waals surface area (Å²) < 4.78 is 54.4. The van der Waals surface area contributed by atoms with Crippen LogP contribution in [0, 0.1) is 0 Å². The van der Waals surface area contributed by atoms with Gasteiger partial charge in [0, 0.05) is 11.6 Å². The van der Waals surface area contributed by atoms with Crippen molar-refractivity contribution in [2.24, 2.45) is 0 Å². The minimum Gasteiger partial charge on any atom is -0.282 e. The SMILES string of the molecule is CS(=O)(=O)c1ccc2cccc(S(=O)(=O)O)c2c1. The molecule has 0 bridgehead atoms. The molecule has 0 aliphatic heterocycles. The molecular formula is C11H10O5S2. The van der Waals surface area contributed by atoms with Crippen molar-refractivity contribution < 1.29 is 21.4 Å². The van der Waals surface area contributed by atoms with E-state index in [9.17, 15) is 16.8 Å². The minimum absolute atomic E-state index is 0.00565. The molecule has 0 saturated carbocycles. The maximum absolute atomic E-state index is 11.4. The first-order chi connectivity index (χ1) is 8.19. The smallest absolute Gasteiger partial charge is 0.282 e. The molecule has 2 rings (SSSR count). The van der Waals surface area contributed by atoms with Gasteiger partial charge >= 0.3 is 0 Å². The van der Waals surface area contributed by atoms with E-state index in [-0.39, 0.29) is 15.2 Å². The monoisotopic (exact) mass is 286 g/mol. The van der Waals surface area contributed by atoms with Crippen molar-refractivity contribution in [2.75, 3.05) is 6.26 Å². The van der Waals surface area contributed by atoms with E-state index < -0.39 is 20.0 Å². The molecule has 0 heterocycles. The molecule has 0 saturated heterocycles. The third-order valence-electron chi connectivity index (χ3n) is 2.52. The topological polar surface area (TPSA) is 88.5 Å². The molecule has 0 fully saturated rings. The third-order valence-corrected chi connectivity index (χ3v) is 4.54. The van der Waals surface area contributed by atoms with Crippen LogP contribution in [0.1, 0.15) is 0 Å². The van der Waals surface area contributed by atoms with Gasteiger partial charge in [0.2, 0.25) is 0 Å². The molecule has 0 aliphatic carbocycles. The van der Waals surface area contributed by atoms with Gasteiger partial charge in [-0.05, 0) is 23.6 Å². The fourth-order valence-corrected chi connectivity index (χ4v) is 3.03. The number of hydrogen-bond acceptors (Lipinski definition) is 4. The summed E-state index contributed by atoms with van der Waals surface area (Å²) in [6.07, 6.45) is 1.03. The van der Waals surface area contributed by atoms with Crippen LogP contribution in [-0.2, 0) is 20.0 Å². The van der Waals surface area contributed by atoms with Gasteiger partial charge in [0.15, 0.2) is 9.84 Å². The number of rotatable bonds is 2. The average molecular weight is 286 g/mol. The molecule has 2 aromatic rings. The number of sulfone groups is 1. The Kier molecular flexibility index (Phi) is 2.92. The summed E-state index contributed by atoms with van der Waals surface area (Å²) in [6.45, 7) is 0. The van der Waals surface area contributed by atoms with Crippen LogP contribution < -0.4 is 0 Å². The lowest BCUT2D eigenvalue weighted by Crippen LogP contribution is -2.01. The number of fused-ring (bicyclic) bond motifs is 1. The van der Waals surface area contributed by atoms with Crippen molar-refractivity contribution in [1.29, 1.82) is 0 Å². The first kappa shape index (κ1) is 13.0. The van der Waals surface area contributed by atoms with Crippen LogP contribution in [0.25, 0.3) is 10.8 Å². The minimum atomic E-state index is -4.39. The average Bonchev–Trinajstić information content (AvgIpc) is 2.25. The van der Waals surface area contributed by atoms with Crippen molar-refractivity contribution in [3.63, 3.8) is 0 Å². The summed E-state index contributed by atoms with van der Waals surface area (Å²) in [4.78, 5) is -0.295. The summed E-state index contributed by atoms with van der Waals surface area (Å²) in [7, 11) is -7.82. The van der Waals surface area contributed by atoms with Crippen LogP contribution >= 0.6 is 0 Å². The molecule has 1 N–H and O–H groups in total. The molecular weight excluding hydrogens is 276 g/mol. The van der Waals surface area contributed by atoms with E-state index in [0.29, 0.717) is 5.39 Å². The predicted octanol–water partition coefficient (Wildman–Crippen LogP) is 1.49. The summed E-state index contributed by atoms with van der Waals surface area (Å²) in [5.41, 5.74) is 0. The van der Waals surface area contributed by atoms with Crippen molar-refractivity contribution in [2.45, 2.75) is 9.79 Å². The highest BCUT2D eigenvalue weighted by Gasteiger charge is 2.15. The first-order valence-corrected chi connectivity index (χ1v) is 8.23. The highest BCUT2D eigenvalue weighted by Crippen LogP contribution is 2.25. The Labute approximate surface area is 105 Å². The molecule has 0 amide bonds. The lowest BCUT2D eigenvalue weighted by molar-refractivity contribution is 0.484. The van der Waals surface area contributed by atoms with Gasteiger partial charge in [0.25, 0.3) is 10.1 Å². The standard InChI is InChI=1S/C11H10O5S2/c1-17(12,13)9-6-5-8-3-2-4-11(10(8)7-9)18(14,15)16/h2-7H,1H3,(H,14,15,16). The largest absolute Gasteiger partial charge is 0.295 e. The maximum Gasteiger partial charge on any atom is 0.295 e. The fourth-order valence-electron chi connectivity index (χ4n) is 1.68. The third kappa shape index (κ3) is 2.38. The second-order valence-electron chi connectivity index (χ2n) is 3.89. The van der Waals surface area contributed by atoms with E-state index in [4.69, 9.17) is 4.55 Å².